The number of ether oxygens (including phenoxy) is 2. The number of carbonyl (C=O) groups is 3. The second-order valence-electron chi connectivity index (χ2n) is 8.94. The molecular weight excluding hydrogens is 467 g/mol. The Balaban J connectivity index is 1.38. The first-order chi connectivity index (χ1) is 17.4. The van der Waals surface area contributed by atoms with Crippen LogP contribution in [0.1, 0.15) is 42.1 Å². The van der Waals surface area contributed by atoms with Gasteiger partial charge in [0.05, 0.1) is 24.1 Å². The van der Waals surface area contributed by atoms with Gasteiger partial charge in [-0.1, -0.05) is 18.2 Å². The lowest BCUT2D eigenvalue weighted by atomic mass is 9.94. The van der Waals surface area contributed by atoms with Crippen molar-refractivity contribution in [3.63, 3.8) is 0 Å². The summed E-state index contributed by atoms with van der Waals surface area (Å²) in [5, 5.41) is 8.11. The fraction of sp³-hybridized carbons (Fsp3) is 0.423. The third-order valence-corrected chi connectivity index (χ3v) is 6.45. The standard InChI is InChI=1S/C26H31FN4O5/c1-3-28-26(34)30-17-8-11-22-19(12-17)25(33)31(2)21-10-9-18(36-23(21)15-35-22)13-24(32)29-14-16-6-4-5-7-20(16)27/h4-8,11-12,18,21,23H,3,9-10,13-15H2,1-2H3,(H,29,32)(H2,28,30,34)/t18-,21-,23+/m1/s1. The average molecular weight is 499 g/mol. The van der Waals surface area contributed by atoms with Gasteiger partial charge >= 0.3 is 6.03 Å². The second kappa shape index (κ2) is 11.4. The van der Waals surface area contributed by atoms with Crippen molar-refractivity contribution in [1.29, 1.82) is 0 Å². The van der Waals surface area contributed by atoms with Crippen LogP contribution in [0, 0.1) is 5.82 Å². The van der Waals surface area contributed by atoms with Crippen molar-refractivity contribution in [2.45, 2.75) is 51.0 Å². The maximum atomic E-state index is 13.8. The van der Waals surface area contributed by atoms with Crippen molar-refractivity contribution in [3.05, 3.63) is 59.4 Å². The Labute approximate surface area is 209 Å². The number of likely N-dealkylation sites (N-methyl/N-ethyl adjacent to an activating group) is 1. The van der Waals surface area contributed by atoms with Gasteiger partial charge in [-0.3, -0.25) is 9.59 Å². The summed E-state index contributed by atoms with van der Waals surface area (Å²) in [6.45, 7) is 2.63. The quantitative estimate of drug-likeness (QED) is 0.567. The highest BCUT2D eigenvalue weighted by atomic mass is 19.1. The molecule has 2 aromatic rings. The lowest BCUT2D eigenvalue weighted by molar-refractivity contribution is -0.134. The molecule has 3 atom stereocenters. The molecule has 4 rings (SSSR count). The maximum absolute atomic E-state index is 13.8. The molecule has 0 aliphatic carbocycles. The molecule has 2 heterocycles. The number of fused-ring (bicyclic) bond motifs is 2. The van der Waals surface area contributed by atoms with E-state index in [9.17, 15) is 18.8 Å². The molecule has 2 aromatic carbocycles. The zero-order valence-electron chi connectivity index (χ0n) is 20.4. The molecule has 0 radical (unpaired) electrons. The van der Waals surface area contributed by atoms with Crippen LogP contribution in [-0.2, 0) is 16.1 Å². The van der Waals surface area contributed by atoms with Crippen LogP contribution >= 0.6 is 0 Å². The monoisotopic (exact) mass is 498 g/mol. The van der Waals surface area contributed by atoms with Crippen molar-refractivity contribution in [2.75, 3.05) is 25.5 Å². The van der Waals surface area contributed by atoms with E-state index in [0.29, 0.717) is 42.0 Å². The van der Waals surface area contributed by atoms with E-state index in [1.165, 1.54) is 6.07 Å². The molecule has 1 saturated heterocycles. The van der Waals surface area contributed by atoms with Crippen molar-refractivity contribution in [2.24, 2.45) is 0 Å². The van der Waals surface area contributed by atoms with Gasteiger partial charge in [-0.05, 0) is 44.0 Å². The summed E-state index contributed by atoms with van der Waals surface area (Å²) < 4.78 is 25.9. The number of nitrogens with one attached hydrogen (secondary N) is 3. The molecule has 0 spiro atoms. The first-order valence-electron chi connectivity index (χ1n) is 12.1. The van der Waals surface area contributed by atoms with Gasteiger partial charge in [0, 0.05) is 31.4 Å². The lowest BCUT2D eigenvalue weighted by Gasteiger charge is -2.42. The smallest absolute Gasteiger partial charge is 0.319 e. The number of rotatable bonds is 6. The molecule has 2 aliphatic heterocycles. The van der Waals surface area contributed by atoms with Gasteiger partial charge in [0.25, 0.3) is 5.91 Å². The molecule has 1 fully saturated rings. The molecule has 192 valence electrons. The number of halogens is 1. The van der Waals surface area contributed by atoms with Crippen molar-refractivity contribution >= 4 is 23.5 Å². The third-order valence-electron chi connectivity index (χ3n) is 6.45. The molecule has 10 heteroatoms. The molecule has 4 amide bonds. The molecule has 0 aromatic heterocycles. The maximum Gasteiger partial charge on any atom is 0.319 e. The summed E-state index contributed by atoms with van der Waals surface area (Å²) >= 11 is 0. The highest BCUT2D eigenvalue weighted by Gasteiger charge is 2.39. The fourth-order valence-electron chi connectivity index (χ4n) is 4.56. The molecular formula is C26H31FN4O5. The van der Waals surface area contributed by atoms with Gasteiger partial charge in [-0.15, -0.1) is 0 Å². The normalized spacial score (nSPS) is 21.2. The van der Waals surface area contributed by atoms with E-state index in [4.69, 9.17) is 9.47 Å². The SMILES string of the molecule is CCNC(=O)Nc1ccc2c(c1)C(=O)N(C)[C@@H]1CC[C@H](CC(=O)NCc3ccccc3F)O[C@H]1CO2. The van der Waals surface area contributed by atoms with Crippen LogP contribution in [-0.4, -0.2) is 61.2 Å². The first kappa shape index (κ1) is 25.4. The van der Waals surface area contributed by atoms with Crippen LogP contribution in [0.4, 0.5) is 14.9 Å². The largest absolute Gasteiger partial charge is 0.490 e. The topological polar surface area (TPSA) is 109 Å². The number of anilines is 1. The number of hydrogen-bond donors (Lipinski definition) is 3. The number of hydrogen-bond acceptors (Lipinski definition) is 5. The van der Waals surface area contributed by atoms with Gasteiger partial charge in [-0.2, -0.15) is 0 Å². The van der Waals surface area contributed by atoms with E-state index in [2.05, 4.69) is 16.0 Å². The van der Waals surface area contributed by atoms with Crippen molar-refractivity contribution in [1.82, 2.24) is 15.5 Å². The van der Waals surface area contributed by atoms with Crippen molar-refractivity contribution < 1.29 is 28.2 Å². The van der Waals surface area contributed by atoms with E-state index in [1.54, 1.807) is 48.3 Å². The van der Waals surface area contributed by atoms with Crippen LogP contribution in [0.5, 0.6) is 5.75 Å². The van der Waals surface area contributed by atoms with Gasteiger partial charge < -0.3 is 30.3 Å². The minimum Gasteiger partial charge on any atom is -0.490 e. The molecule has 0 saturated carbocycles. The Morgan fingerprint density at radius 1 is 1.14 bits per heavy atom. The highest BCUT2D eigenvalue weighted by molar-refractivity contribution is 5.99. The molecule has 0 bridgehead atoms. The van der Waals surface area contributed by atoms with Crippen LogP contribution < -0.4 is 20.7 Å². The van der Waals surface area contributed by atoms with Crippen LogP contribution in [0.2, 0.25) is 0 Å². The van der Waals surface area contributed by atoms with E-state index < -0.39 is 6.10 Å². The zero-order chi connectivity index (χ0) is 25.7. The summed E-state index contributed by atoms with van der Waals surface area (Å²) in [4.78, 5) is 39.3. The third kappa shape index (κ3) is 5.93. The molecule has 3 N–H and O–H groups in total. The van der Waals surface area contributed by atoms with Crippen LogP contribution in [0.25, 0.3) is 0 Å². The molecule has 0 unspecified atom stereocenters. The number of benzene rings is 2. The van der Waals surface area contributed by atoms with Crippen LogP contribution in [0.3, 0.4) is 0 Å². The van der Waals surface area contributed by atoms with Gasteiger partial charge in [-0.25, -0.2) is 9.18 Å². The molecule has 36 heavy (non-hydrogen) atoms. The van der Waals surface area contributed by atoms with Crippen LogP contribution in [0.15, 0.2) is 42.5 Å². The summed E-state index contributed by atoms with van der Waals surface area (Å²) in [5.41, 5.74) is 1.27. The number of nitrogens with zero attached hydrogens (tertiary/aromatic N) is 1. The molecule has 9 nitrogen and oxygen atoms in total. The summed E-state index contributed by atoms with van der Waals surface area (Å²) in [6, 6.07) is 10.7. The first-order valence-corrected chi connectivity index (χ1v) is 12.1. The van der Waals surface area contributed by atoms with Gasteiger partial charge in [0.2, 0.25) is 5.91 Å². The Kier molecular flexibility index (Phi) is 8.04. The minimum atomic E-state index is -0.404. The Morgan fingerprint density at radius 2 is 1.94 bits per heavy atom. The molecule has 2 aliphatic rings. The van der Waals surface area contributed by atoms with E-state index in [0.717, 1.165) is 0 Å². The van der Waals surface area contributed by atoms with E-state index in [1.807, 2.05) is 6.92 Å². The van der Waals surface area contributed by atoms with E-state index in [-0.39, 0.29) is 55.4 Å². The van der Waals surface area contributed by atoms with E-state index >= 15 is 0 Å². The fourth-order valence-corrected chi connectivity index (χ4v) is 4.56. The Hall–Kier alpha value is -3.66. The number of urea groups is 1. The summed E-state index contributed by atoms with van der Waals surface area (Å²) in [6.07, 6.45) is 0.645. The predicted octanol–water partition coefficient (Wildman–Crippen LogP) is 3.05. The Bertz CT molecular complexity index is 1130. The van der Waals surface area contributed by atoms with Gasteiger partial charge in [0.1, 0.15) is 24.3 Å². The second-order valence-corrected chi connectivity index (χ2v) is 8.94. The Morgan fingerprint density at radius 3 is 2.72 bits per heavy atom. The minimum absolute atomic E-state index is 0.109. The van der Waals surface area contributed by atoms with Gasteiger partial charge in [0.15, 0.2) is 0 Å². The van der Waals surface area contributed by atoms with Crippen molar-refractivity contribution in [3.8, 4) is 5.75 Å². The zero-order valence-corrected chi connectivity index (χ0v) is 20.4. The highest BCUT2D eigenvalue weighted by Crippen LogP contribution is 2.32. The lowest BCUT2D eigenvalue weighted by Crippen LogP contribution is -2.53. The average Bonchev–Trinajstić information content (AvgIpc) is 2.86. The predicted molar refractivity (Wildman–Crippen MR) is 131 cm³/mol. The summed E-state index contributed by atoms with van der Waals surface area (Å²) in [7, 11) is 1.73. The summed E-state index contributed by atoms with van der Waals surface area (Å²) in [5.74, 6) is -0.416. The number of carbonyl (C=O) groups excluding carboxylic acids is 3. The number of amides is 4.